The van der Waals surface area contributed by atoms with E-state index in [1.165, 1.54) is 18.4 Å². The number of allylic oxidation sites excluding steroid dienone is 2. The summed E-state index contributed by atoms with van der Waals surface area (Å²) in [4.78, 5) is 10.8. The van der Waals surface area contributed by atoms with Gasteiger partial charge in [0.1, 0.15) is 6.29 Å². The maximum atomic E-state index is 10.8. The van der Waals surface area contributed by atoms with Gasteiger partial charge in [-0.05, 0) is 32.1 Å². The van der Waals surface area contributed by atoms with Crippen molar-refractivity contribution in [3.8, 4) is 0 Å². The van der Waals surface area contributed by atoms with E-state index in [-0.39, 0.29) is 5.41 Å². The van der Waals surface area contributed by atoms with Crippen LogP contribution in [0.2, 0.25) is 0 Å². The van der Waals surface area contributed by atoms with E-state index in [9.17, 15) is 4.79 Å². The van der Waals surface area contributed by atoms with Gasteiger partial charge in [-0.3, -0.25) is 0 Å². The summed E-state index contributed by atoms with van der Waals surface area (Å²) < 4.78 is 0. The SMILES string of the molecule is CC1=CC[C@H](C(C)(C)C=O)CC1. The minimum absolute atomic E-state index is 0.128. The largest absolute Gasteiger partial charge is 0.303 e. The third-order valence-electron chi connectivity index (χ3n) is 2.99. The molecule has 0 bridgehead atoms. The zero-order valence-electron chi connectivity index (χ0n) is 8.26. The lowest BCUT2D eigenvalue weighted by atomic mass is 9.73. The third kappa shape index (κ3) is 1.96. The Bertz CT molecular complexity index is 201. The van der Waals surface area contributed by atoms with Gasteiger partial charge in [-0.1, -0.05) is 25.5 Å². The molecular formula is C11H18O. The molecule has 0 saturated carbocycles. The molecule has 1 atom stereocenters. The zero-order chi connectivity index (χ0) is 9.19. The molecule has 0 aromatic heterocycles. The fourth-order valence-electron chi connectivity index (χ4n) is 1.74. The molecule has 0 amide bonds. The van der Waals surface area contributed by atoms with Gasteiger partial charge in [0.25, 0.3) is 0 Å². The van der Waals surface area contributed by atoms with Gasteiger partial charge in [0.2, 0.25) is 0 Å². The first-order valence-corrected chi connectivity index (χ1v) is 4.68. The van der Waals surface area contributed by atoms with E-state index in [0.717, 1.165) is 12.7 Å². The average Bonchev–Trinajstić information content (AvgIpc) is 2.05. The molecule has 1 heteroatoms. The molecule has 1 nitrogen and oxygen atoms in total. The molecular weight excluding hydrogens is 148 g/mol. The highest BCUT2D eigenvalue weighted by atomic mass is 16.1. The van der Waals surface area contributed by atoms with Gasteiger partial charge in [-0.15, -0.1) is 0 Å². The normalized spacial score (nSPS) is 24.9. The second-order valence-corrected chi connectivity index (χ2v) is 4.46. The molecule has 12 heavy (non-hydrogen) atoms. The van der Waals surface area contributed by atoms with Crippen molar-refractivity contribution in [2.24, 2.45) is 11.3 Å². The van der Waals surface area contributed by atoms with Crippen LogP contribution in [0.1, 0.15) is 40.0 Å². The van der Waals surface area contributed by atoms with Gasteiger partial charge in [0.15, 0.2) is 0 Å². The van der Waals surface area contributed by atoms with Crippen LogP contribution in [-0.4, -0.2) is 6.29 Å². The van der Waals surface area contributed by atoms with E-state index in [1.807, 2.05) is 13.8 Å². The van der Waals surface area contributed by atoms with Crippen molar-refractivity contribution in [1.82, 2.24) is 0 Å². The Labute approximate surface area is 74.9 Å². The lowest BCUT2D eigenvalue weighted by Crippen LogP contribution is -2.26. The maximum absolute atomic E-state index is 10.8. The van der Waals surface area contributed by atoms with E-state index in [4.69, 9.17) is 0 Å². The fourth-order valence-corrected chi connectivity index (χ4v) is 1.74. The Morgan fingerprint density at radius 2 is 2.25 bits per heavy atom. The fraction of sp³-hybridized carbons (Fsp3) is 0.727. The molecule has 1 aliphatic carbocycles. The molecule has 68 valence electrons. The van der Waals surface area contributed by atoms with Gasteiger partial charge in [0.05, 0.1) is 0 Å². The van der Waals surface area contributed by atoms with Crippen molar-refractivity contribution in [2.75, 3.05) is 0 Å². The molecule has 0 heterocycles. The lowest BCUT2D eigenvalue weighted by Gasteiger charge is -2.31. The Morgan fingerprint density at radius 3 is 2.67 bits per heavy atom. The molecule has 0 unspecified atom stereocenters. The highest BCUT2D eigenvalue weighted by Gasteiger charge is 2.29. The van der Waals surface area contributed by atoms with Gasteiger partial charge < -0.3 is 4.79 Å². The summed E-state index contributed by atoms with van der Waals surface area (Å²) in [6.45, 7) is 6.25. The van der Waals surface area contributed by atoms with E-state index >= 15 is 0 Å². The predicted molar refractivity (Wildman–Crippen MR) is 50.9 cm³/mol. The first-order chi connectivity index (χ1) is 5.56. The van der Waals surface area contributed by atoms with Crippen molar-refractivity contribution in [1.29, 1.82) is 0 Å². The monoisotopic (exact) mass is 166 g/mol. The van der Waals surface area contributed by atoms with Crippen LogP contribution in [0.5, 0.6) is 0 Å². The van der Waals surface area contributed by atoms with E-state index in [0.29, 0.717) is 5.92 Å². The summed E-state index contributed by atoms with van der Waals surface area (Å²) in [6, 6.07) is 0. The number of carbonyl (C=O) groups excluding carboxylic acids is 1. The van der Waals surface area contributed by atoms with Crippen LogP contribution in [-0.2, 0) is 4.79 Å². The van der Waals surface area contributed by atoms with Crippen LogP contribution in [0.3, 0.4) is 0 Å². The van der Waals surface area contributed by atoms with Crippen molar-refractivity contribution in [3.05, 3.63) is 11.6 Å². The number of rotatable bonds is 2. The summed E-state index contributed by atoms with van der Waals surface area (Å²) in [7, 11) is 0. The van der Waals surface area contributed by atoms with Gasteiger partial charge in [-0.25, -0.2) is 0 Å². The molecule has 1 rings (SSSR count). The predicted octanol–water partition coefficient (Wildman–Crippen LogP) is 2.96. The molecule has 0 spiro atoms. The van der Waals surface area contributed by atoms with E-state index in [2.05, 4.69) is 13.0 Å². The summed E-state index contributed by atoms with van der Waals surface area (Å²) >= 11 is 0. The van der Waals surface area contributed by atoms with Crippen LogP contribution in [0, 0.1) is 11.3 Å². The van der Waals surface area contributed by atoms with Crippen molar-refractivity contribution in [3.63, 3.8) is 0 Å². The minimum atomic E-state index is -0.128. The second-order valence-electron chi connectivity index (χ2n) is 4.46. The molecule has 1 aliphatic rings. The quantitative estimate of drug-likeness (QED) is 0.455. The molecule has 0 aromatic carbocycles. The van der Waals surface area contributed by atoms with Crippen LogP contribution in [0.15, 0.2) is 11.6 Å². The zero-order valence-corrected chi connectivity index (χ0v) is 8.26. The number of carbonyl (C=O) groups is 1. The second kappa shape index (κ2) is 3.42. The van der Waals surface area contributed by atoms with Gasteiger partial charge in [-0.2, -0.15) is 0 Å². The van der Waals surface area contributed by atoms with Crippen LogP contribution in [0.4, 0.5) is 0 Å². The maximum Gasteiger partial charge on any atom is 0.125 e. The van der Waals surface area contributed by atoms with E-state index < -0.39 is 0 Å². The molecule has 0 radical (unpaired) electrons. The van der Waals surface area contributed by atoms with Crippen LogP contribution >= 0.6 is 0 Å². The van der Waals surface area contributed by atoms with E-state index in [1.54, 1.807) is 0 Å². The summed E-state index contributed by atoms with van der Waals surface area (Å²) in [5.74, 6) is 0.554. The summed E-state index contributed by atoms with van der Waals surface area (Å²) in [6.07, 6.45) is 6.80. The first kappa shape index (κ1) is 9.50. The number of hydrogen-bond acceptors (Lipinski definition) is 1. The molecule has 0 N–H and O–H groups in total. The molecule has 0 aromatic rings. The number of hydrogen-bond donors (Lipinski definition) is 0. The Kier molecular flexibility index (Phi) is 2.71. The average molecular weight is 166 g/mol. The Hall–Kier alpha value is -0.590. The smallest absolute Gasteiger partial charge is 0.125 e. The van der Waals surface area contributed by atoms with Gasteiger partial charge >= 0.3 is 0 Å². The molecule has 0 fully saturated rings. The highest BCUT2D eigenvalue weighted by Crippen LogP contribution is 2.35. The van der Waals surface area contributed by atoms with Gasteiger partial charge in [0, 0.05) is 5.41 Å². The van der Waals surface area contributed by atoms with Crippen LogP contribution in [0.25, 0.3) is 0 Å². The summed E-state index contributed by atoms with van der Waals surface area (Å²) in [5.41, 5.74) is 1.35. The first-order valence-electron chi connectivity index (χ1n) is 4.68. The Morgan fingerprint density at radius 1 is 1.58 bits per heavy atom. The number of aldehydes is 1. The standard InChI is InChI=1S/C11H18O/c1-9-4-6-10(7-5-9)11(2,3)8-12/h4,8,10H,5-7H2,1-3H3/t10-/m0/s1. The molecule has 0 saturated heterocycles. The third-order valence-corrected chi connectivity index (χ3v) is 2.99. The van der Waals surface area contributed by atoms with Crippen molar-refractivity contribution < 1.29 is 4.79 Å². The Balaban J connectivity index is 2.62. The summed E-state index contributed by atoms with van der Waals surface area (Å²) in [5, 5.41) is 0. The topological polar surface area (TPSA) is 17.1 Å². The van der Waals surface area contributed by atoms with Crippen molar-refractivity contribution in [2.45, 2.75) is 40.0 Å². The highest BCUT2D eigenvalue weighted by molar-refractivity contribution is 5.58. The van der Waals surface area contributed by atoms with Crippen molar-refractivity contribution >= 4 is 6.29 Å². The minimum Gasteiger partial charge on any atom is -0.303 e. The lowest BCUT2D eigenvalue weighted by molar-refractivity contribution is -0.117. The van der Waals surface area contributed by atoms with Crippen LogP contribution < -0.4 is 0 Å². The molecule has 0 aliphatic heterocycles.